The number of carbonyl (C=O) groups excluding carboxylic acids is 1. The van der Waals surface area contributed by atoms with Crippen LogP contribution in [0.1, 0.15) is 5.56 Å². The average molecular weight is 496 g/mol. The maximum Gasteiger partial charge on any atom is 0.241 e. The van der Waals surface area contributed by atoms with Crippen LogP contribution in [0.3, 0.4) is 0 Å². The molecule has 3 N–H and O–H groups in total. The number of primary sulfonamides is 1. The largest absolute Gasteiger partial charge is 0.456 e. The standard InChI is InChI=1S/C20H16BrClN2O4S/c21-14-5-3-6-16(11-14)28-18-9-8-15(12-19(18)29(23,26)27)24-20(25)10-13-4-1-2-7-17(13)22/h1-9,11-12H,10H2,(H,24,25)(H2,23,26,27). The molecule has 29 heavy (non-hydrogen) atoms. The highest BCUT2D eigenvalue weighted by molar-refractivity contribution is 9.10. The van der Waals surface area contributed by atoms with Crippen molar-refractivity contribution in [2.45, 2.75) is 11.3 Å². The highest BCUT2D eigenvalue weighted by Crippen LogP contribution is 2.31. The maximum atomic E-state index is 12.3. The lowest BCUT2D eigenvalue weighted by Crippen LogP contribution is -2.17. The van der Waals surface area contributed by atoms with Crippen LogP contribution in [0.25, 0.3) is 0 Å². The van der Waals surface area contributed by atoms with Gasteiger partial charge in [0, 0.05) is 15.2 Å². The number of sulfonamides is 1. The maximum absolute atomic E-state index is 12.3. The Balaban J connectivity index is 1.84. The summed E-state index contributed by atoms with van der Waals surface area (Å²) in [6, 6.07) is 18.1. The molecule has 0 radical (unpaired) electrons. The van der Waals surface area contributed by atoms with Gasteiger partial charge in [0.2, 0.25) is 15.9 Å². The summed E-state index contributed by atoms with van der Waals surface area (Å²) >= 11 is 9.39. The third-order valence-corrected chi connectivity index (χ3v) is 5.66. The Morgan fingerprint density at radius 3 is 2.52 bits per heavy atom. The first-order valence-electron chi connectivity index (χ1n) is 8.36. The van der Waals surface area contributed by atoms with E-state index in [4.69, 9.17) is 21.5 Å². The lowest BCUT2D eigenvalue weighted by Gasteiger charge is -2.13. The van der Waals surface area contributed by atoms with E-state index in [-0.39, 0.29) is 28.7 Å². The van der Waals surface area contributed by atoms with Crippen LogP contribution in [0.5, 0.6) is 11.5 Å². The van der Waals surface area contributed by atoms with Crippen LogP contribution in [0, 0.1) is 0 Å². The number of amides is 1. The molecule has 3 rings (SSSR count). The predicted molar refractivity (Wildman–Crippen MR) is 116 cm³/mol. The predicted octanol–water partition coefficient (Wildman–Crippen LogP) is 4.72. The number of anilines is 1. The molecule has 0 bridgehead atoms. The van der Waals surface area contributed by atoms with Gasteiger partial charge >= 0.3 is 0 Å². The molecule has 150 valence electrons. The molecular weight excluding hydrogens is 480 g/mol. The zero-order valence-corrected chi connectivity index (χ0v) is 18.1. The number of rotatable bonds is 6. The van der Waals surface area contributed by atoms with Crippen LogP contribution in [0.4, 0.5) is 5.69 Å². The Kier molecular flexibility index (Phi) is 6.59. The van der Waals surface area contributed by atoms with Gasteiger partial charge in [-0.1, -0.05) is 51.8 Å². The Bertz CT molecular complexity index is 1170. The Labute approximate surface area is 181 Å². The number of nitrogens with one attached hydrogen (secondary N) is 1. The second-order valence-corrected chi connectivity index (χ2v) is 8.94. The SMILES string of the molecule is NS(=O)(=O)c1cc(NC(=O)Cc2ccccc2Cl)ccc1Oc1cccc(Br)c1. The Hall–Kier alpha value is -2.39. The van der Waals surface area contributed by atoms with E-state index in [2.05, 4.69) is 21.2 Å². The molecule has 0 spiro atoms. The van der Waals surface area contributed by atoms with Gasteiger partial charge in [-0.05, 0) is 48.0 Å². The molecule has 3 aromatic rings. The summed E-state index contributed by atoms with van der Waals surface area (Å²) in [6.45, 7) is 0. The van der Waals surface area contributed by atoms with Gasteiger partial charge in [0.05, 0.1) is 6.42 Å². The fraction of sp³-hybridized carbons (Fsp3) is 0.0500. The molecule has 6 nitrogen and oxygen atoms in total. The van der Waals surface area contributed by atoms with Gasteiger partial charge in [-0.3, -0.25) is 4.79 Å². The number of halogens is 2. The molecule has 0 saturated heterocycles. The van der Waals surface area contributed by atoms with Crippen molar-refractivity contribution in [1.29, 1.82) is 0 Å². The molecule has 0 heterocycles. The molecule has 0 unspecified atom stereocenters. The van der Waals surface area contributed by atoms with Crippen LogP contribution in [0.15, 0.2) is 76.1 Å². The van der Waals surface area contributed by atoms with Crippen molar-refractivity contribution in [3.63, 3.8) is 0 Å². The first-order chi connectivity index (χ1) is 13.7. The molecule has 3 aromatic carbocycles. The third-order valence-electron chi connectivity index (χ3n) is 3.87. The minimum atomic E-state index is -4.10. The lowest BCUT2D eigenvalue weighted by atomic mass is 10.1. The lowest BCUT2D eigenvalue weighted by molar-refractivity contribution is -0.115. The van der Waals surface area contributed by atoms with Gasteiger partial charge in [-0.2, -0.15) is 0 Å². The fourth-order valence-corrected chi connectivity index (χ4v) is 3.83. The Morgan fingerprint density at radius 2 is 1.83 bits per heavy atom. The second-order valence-electron chi connectivity index (χ2n) is 6.08. The molecule has 1 amide bonds. The summed E-state index contributed by atoms with van der Waals surface area (Å²) < 4.78 is 30.5. The number of ether oxygens (including phenoxy) is 1. The van der Waals surface area contributed by atoms with E-state index in [1.165, 1.54) is 18.2 Å². The summed E-state index contributed by atoms with van der Waals surface area (Å²) in [5.41, 5.74) is 0.931. The van der Waals surface area contributed by atoms with Crippen molar-refractivity contribution in [2.24, 2.45) is 5.14 Å². The van der Waals surface area contributed by atoms with Gasteiger partial charge in [-0.15, -0.1) is 0 Å². The molecule has 0 aromatic heterocycles. The normalized spacial score (nSPS) is 11.1. The summed E-state index contributed by atoms with van der Waals surface area (Å²) in [4.78, 5) is 12.1. The molecule has 0 aliphatic heterocycles. The first kappa shape index (κ1) is 21.3. The van der Waals surface area contributed by atoms with E-state index in [1.54, 1.807) is 42.5 Å². The van der Waals surface area contributed by atoms with Crippen LogP contribution in [0.2, 0.25) is 5.02 Å². The van der Waals surface area contributed by atoms with Gasteiger partial charge in [0.15, 0.2) is 0 Å². The van der Waals surface area contributed by atoms with Gasteiger partial charge < -0.3 is 10.1 Å². The van der Waals surface area contributed by atoms with E-state index < -0.39 is 10.0 Å². The summed E-state index contributed by atoms with van der Waals surface area (Å²) in [5.74, 6) is 0.133. The van der Waals surface area contributed by atoms with Gasteiger partial charge in [0.25, 0.3) is 0 Å². The molecule has 0 aliphatic rings. The summed E-state index contributed by atoms with van der Waals surface area (Å²) in [6.07, 6.45) is 0.0423. The van der Waals surface area contributed by atoms with Crippen molar-refractivity contribution >= 4 is 49.1 Å². The molecule has 9 heteroatoms. The van der Waals surface area contributed by atoms with E-state index in [9.17, 15) is 13.2 Å². The van der Waals surface area contributed by atoms with Crippen LogP contribution in [-0.4, -0.2) is 14.3 Å². The van der Waals surface area contributed by atoms with Crippen molar-refractivity contribution < 1.29 is 17.9 Å². The van der Waals surface area contributed by atoms with Crippen LogP contribution >= 0.6 is 27.5 Å². The first-order valence-corrected chi connectivity index (χ1v) is 11.1. The highest BCUT2D eigenvalue weighted by atomic mass is 79.9. The molecular formula is C20H16BrClN2O4S. The minimum Gasteiger partial charge on any atom is -0.456 e. The smallest absolute Gasteiger partial charge is 0.241 e. The highest BCUT2D eigenvalue weighted by Gasteiger charge is 2.18. The van der Waals surface area contributed by atoms with E-state index >= 15 is 0 Å². The molecule has 0 fully saturated rings. The van der Waals surface area contributed by atoms with E-state index in [1.807, 2.05) is 6.07 Å². The van der Waals surface area contributed by atoms with Crippen molar-refractivity contribution in [3.8, 4) is 11.5 Å². The zero-order valence-electron chi connectivity index (χ0n) is 14.9. The Morgan fingerprint density at radius 1 is 1.07 bits per heavy atom. The molecule has 0 aliphatic carbocycles. The number of hydrogen-bond acceptors (Lipinski definition) is 4. The number of benzene rings is 3. The van der Waals surface area contributed by atoms with Crippen molar-refractivity contribution in [1.82, 2.24) is 0 Å². The van der Waals surface area contributed by atoms with Crippen molar-refractivity contribution in [3.05, 3.63) is 81.8 Å². The van der Waals surface area contributed by atoms with Gasteiger partial charge in [0.1, 0.15) is 16.4 Å². The topological polar surface area (TPSA) is 98.5 Å². The number of nitrogens with two attached hydrogens (primary N) is 1. The monoisotopic (exact) mass is 494 g/mol. The third kappa shape index (κ3) is 5.80. The van der Waals surface area contributed by atoms with Crippen LogP contribution < -0.4 is 15.2 Å². The van der Waals surface area contributed by atoms with E-state index in [0.717, 1.165) is 4.47 Å². The minimum absolute atomic E-state index is 0.0423. The van der Waals surface area contributed by atoms with Crippen LogP contribution in [-0.2, 0) is 21.2 Å². The average Bonchev–Trinajstić information content (AvgIpc) is 2.64. The second kappa shape index (κ2) is 8.96. The molecule has 0 atom stereocenters. The quantitative estimate of drug-likeness (QED) is 0.517. The van der Waals surface area contributed by atoms with E-state index in [0.29, 0.717) is 16.3 Å². The summed E-state index contributed by atoms with van der Waals surface area (Å²) in [5, 5.41) is 8.46. The fourth-order valence-electron chi connectivity index (χ4n) is 2.57. The van der Waals surface area contributed by atoms with Crippen molar-refractivity contribution in [2.75, 3.05) is 5.32 Å². The number of carbonyl (C=O) groups is 1. The number of hydrogen-bond donors (Lipinski definition) is 2. The van der Waals surface area contributed by atoms with Gasteiger partial charge in [-0.25, -0.2) is 13.6 Å². The zero-order chi connectivity index (χ0) is 21.0. The summed E-state index contributed by atoms with van der Waals surface area (Å²) in [7, 11) is -4.10. The molecule has 0 saturated carbocycles.